The topological polar surface area (TPSA) is 71.2 Å². The minimum atomic E-state index is -0.659. The van der Waals surface area contributed by atoms with E-state index in [2.05, 4.69) is 10.3 Å². The summed E-state index contributed by atoms with van der Waals surface area (Å²) in [4.78, 5) is 3.75. The molecule has 0 radical (unpaired) electrons. The molecule has 1 aromatic heterocycles. The van der Waals surface area contributed by atoms with Crippen molar-refractivity contribution in [2.24, 2.45) is 5.73 Å². The van der Waals surface area contributed by atoms with Crippen LogP contribution in [0, 0.1) is 5.82 Å². The van der Waals surface area contributed by atoms with Crippen molar-refractivity contribution in [2.75, 3.05) is 11.9 Å². The fraction of sp³-hybridized carbons (Fsp3) is 0.444. The Bertz CT molecular complexity index is 335. The molecule has 4 nitrogen and oxygen atoms in total. The predicted molar refractivity (Wildman–Crippen MR) is 57.4 cm³/mol. The number of nitrogens with zero attached hydrogens (tertiary/aromatic N) is 1. The van der Waals surface area contributed by atoms with Gasteiger partial charge in [-0.2, -0.15) is 0 Å². The van der Waals surface area contributed by atoms with Gasteiger partial charge in [0.2, 0.25) is 0 Å². The normalized spacial score (nSPS) is 14.7. The van der Waals surface area contributed by atoms with E-state index in [9.17, 15) is 4.39 Å². The van der Waals surface area contributed by atoms with E-state index in [4.69, 9.17) is 22.4 Å². The Kier molecular flexibility index (Phi) is 4.26. The molecule has 1 aromatic rings. The van der Waals surface area contributed by atoms with Crippen LogP contribution in [0.15, 0.2) is 12.3 Å². The first-order valence-corrected chi connectivity index (χ1v) is 4.87. The maximum absolute atomic E-state index is 13.2. The molecule has 0 amide bonds. The Hall–Kier alpha value is -0.910. The van der Waals surface area contributed by atoms with Crippen molar-refractivity contribution >= 4 is 17.4 Å². The monoisotopic (exact) mass is 233 g/mol. The number of hydrogen-bond donors (Lipinski definition) is 3. The van der Waals surface area contributed by atoms with Gasteiger partial charge in [0.05, 0.1) is 11.1 Å². The maximum Gasteiger partial charge on any atom is 0.166 e. The second-order valence-electron chi connectivity index (χ2n) is 3.27. The van der Waals surface area contributed by atoms with Crippen LogP contribution in [0.3, 0.4) is 0 Å². The van der Waals surface area contributed by atoms with Crippen molar-refractivity contribution in [3.8, 4) is 0 Å². The van der Waals surface area contributed by atoms with Crippen LogP contribution in [0.4, 0.5) is 10.2 Å². The molecule has 0 bridgehead atoms. The first-order chi connectivity index (χ1) is 7.00. The van der Waals surface area contributed by atoms with E-state index < -0.39 is 18.0 Å². The zero-order valence-electron chi connectivity index (χ0n) is 8.24. The van der Waals surface area contributed by atoms with Gasteiger partial charge in [0, 0.05) is 18.8 Å². The number of aliphatic hydroxyl groups excluding tert-OH is 1. The van der Waals surface area contributed by atoms with Crippen molar-refractivity contribution in [1.82, 2.24) is 4.98 Å². The predicted octanol–water partition coefficient (Wildman–Crippen LogP) is 0.994. The number of rotatable bonds is 4. The first kappa shape index (κ1) is 12.2. The van der Waals surface area contributed by atoms with Gasteiger partial charge < -0.3 is 16.2 Å². The molecule has 0 fully saturated rings. The van der Waals surface area contributed by atoms with Crippen molar-refractivity contribution in [1.29, 1.82) is 0 Å². The number of pyridine rings is 1. The summed E-state index contributed by atoms with van der Waals surface area (Å²) in [5.41, 5.74) is 5.56. The standard InChI is InChI=1S/C9H13ClFN3O/c1-5(15)8(12)4-14-9-7(11)2-6(10)3-13-9/h2-3,5,8,15H,4,12H2,1H3,(H,13,14). The second kappa shape index (κ2) is 5.25. The molecule has 0 aliphatic heterocycles. The summed E-state index contributed by atoms with van der Waals surface area (Å²) in [7, 11) is 0. The summed E-state index contributed by atoms with van der Waals surface area (Å²) in [5, 5.41) is 12.0. The number of aromatic nitrogens is 1. The number of nitrogens with two attached hydrogens (primary N) is 1. The van der Waals surface area contributed by atoms with Crippen LogP contribution in [0.2, 0.25) is 5.02 Å². The SMILES string of the molecule is CC(O)C(N)CNc1ncc(Cl)cc1F. The van der Waals surface area contributed by atoms with Crippen LogP contribution in [0.1, 0.15) is 6.92 Å². The largest absolute Gasteiger partial charge is 0.392 e. The molecule has 1 heterocycles. The maximum atomic E-state index is 13.2. The van der Waals surface area contributed by atoms with E-state index in [1.165, 1.54) is 6.20 Å². The first-order valence-electron chi connectivity index (χ1n) is 4.49. The summed E-state index contributed by atoms with van der Waals surface area (Å²) in [6, 6.07) is 0.687. The Morgan fingerprint density at radius 3 is 2.93 bits per heavy atom. The lowest BCUT2D eigenvalue weighted by molar-refractivity contribution is 0.168. The molecule has 6 heteroatoms. The second-order valence-corrected chi connectivity index (χ2v) is 3.71. The fourth-order valence-electron chi connectivity index (χ4n) is 0.930. The van der Waals surface area contributed by atoms with Crippen LogP contribution in [-0.2, 0) is 0 Å². The smallest absolute Gasteiger partial charge is 0.166 e. The average molecular weight is 234 g/mol. The highest BCUT2D eigenvalue weighted by Crippen LogP contribution is 2.15. The quantitative estimate of drug-likeness (QED) is 0.726. The average Bonchev–Trinajstić information content (AvgIpc) is 2.15. The van der Waals surface area contributed by atoms with Gasteiger partial charge >= 0.3 is 0 Å². The molecule has 0 aliphatic carbocycles. The third-order valence-electron chi connectivity index (χ3n) is 1.93. The van der Waals surface area contributed by atoms with Crippen LogP contribution in [0.25, 0.3) is 0 Å². The Balaban J connectivity index is 2.58. The van der Waals surface area contributed by atoms with Gasteiger partial charge in [-0.15, -0.1) is 0 Å². The third kappa shape index (κ3) is 3.62. The summed E-state index contributed by atoms with van der Waals surface area (Å²) >= 11 is 5.54. The molecule has 1 rings (SSSR count). The zero-order valence-corrected chi connectivity index (χ0v) is 9.00. The molecular weight excluding hydrogens is 221 g/mol. The van der Waals surface area contributed by atoms with E-state index >= 15 is 0 Å². The van der Waals surface area contributed by atoms with Gasteiger partial charge in [-0.25, -0.2) is 9.37 Å². The lowest BCUT2D eigenvalue weighted by Gasteiger charge is -2.15. The summed E-state index contributed by atoms with van der Waals surface area (Å²) in [6.07, 6.45) is 0.675. The molecule has 0 aromatic carbocycles. The van der Waals surface area contributed by atoms with Crippen LogP contribution in [0.5, 0.6) is 0 Å². The van der Waals surface area contributed by atoms with E-state index in [-0.39, 0.29) is 17.4 Å². The highest BCUT2D eigenvalue weighted by atomic mass is 35.5. The van der Waals surface area contributed by atoms with Crippen LogP contribution >= 0.6 is 11.6 Å². The molecule has 84 valence electrons. The number of aliphatic hydroxyl groups is 1. The van der Waals surface area contributed by atoms with Gasteiger partial charge in [0.15, 0.2) is 11.6 Å². The molecule has 2 unspecified atom stereocenters. The number of anilines is 1. The molecule has 15 heavy (non-hydrogen) atoms. The highest BCUT2D eigenvalue weighted by molar-refractivity contribution is 6.30. The minimum Gasteiger partial charge on any atom is -0.392 e. The third-order valence-corrected chi connectivity index (χ3v) is 2.14. The molecule has 4 N–H and O–H groups in total. The molecule has 0 saturated heterocycles. The molecule has 2 atom stereocenters. The van der Waals surface area contributed by atoms with E-state index in [1.54, 1.807) is 6.92 Å². The fourth-order valence-corrected chi connectivity index (χ4v) is 1.07. The number of nitrogens with one attached hydrogen (secondary N) is 1. The van der Waals surface area contributed by atoms with Crippen molar-refractivity contribution in [3.63, 3.8) is 0 Å². The summed E-state index contributed by atoms with van der Waals surface area (Å²) in [5.74, 6) is -0.462. The summed E-state index contributed by atoms with van der Waals surface area (Å²) < 4.78 is 13.2. The Morgan fingerprint density at radius 2 is 2.40 bits per heavy atom. The van der Waals surface area contributed by atoms with Crippen molar-refractivity contribution < 1.29 is 9.50 Å². The van der Waals surface area contributed by atoms with Gasteiger partial charge in [-0.05, 0) is 13.0 Å². The van der Waals surface area contributed by atoms with Gasteiger partial charge in [0.25, 0.3) is 0 Å². The number of halogens is 2. The minimum absolute atomic E-state index is 0.0792. The van der Waals surface area contributed by atoms with Gasteiger partial charge in [0.1, 0.15) is 0 Å². The Morgan fingerprint density at radius 1 is 1.73 bits per heavy atom. The van der Waals surface area contributed by atoms with E-state index in [1.807, 2.05) is 0 Å². The molecular formula is C9H13ClFN3O. The molecule has 0 spiro atoms. The summed E-state index contributed by atoms with van der Waals surface area (Å²) in [6.45, 7) is 1.81. The van der Waals surface area contributed by atoms with Gasteiger partial charge in [-0.1, -0.05) is 11.6 Å². The van der Waals surface area contributed by atoms with E-state index in [0.717, 1.165) is 6.07 Å². The molecule has 0 saturated carbocycles. The van der Waals surface area contributed by atoms with Crippen molar-refractivity contribution in [3.05, 3.63) is 23.1 Å². The van der Waals surface area contributed by atoms with Crippen LogP contribution in [-0.4, -0.2) is 28.8 Å². The highest BCUT2D eigenvalue weighted by Gasteiger charge is 2.10. The van der Waals surface area contributed by atoms with Crippen molar-refractivity contribution in [2.45, 2.75) is 19.1 Å². The lowest BCUT2D eigenvalue weighted by atomic mass is 10.2. The van der Waals surface area contributed by atoms with Gasteiger partial charge in [-0.3, -0.25) is 0 Å². The number of hydrogen-bond acceptors (Lipinski definition) is 4. The Labute approximate surface area is 92.3 Å². The zero-order chi connectivity index (χ0) is 11.4. The van der Waals surface area contributed by atoms with E-state index in [0.29, 0.717) is 0 Å². The lowest BCUT2D eigenvalue weighted by Crippen LogP contribution is -2.38. The molecule has 0 aliphatic rings. The van der Waals surface area contributed by atoms with Crippen LogP contribution < -0.4 is 11.1 Å².